The van der Waals surface area contributed by atoms with Crippen LogP contribution in [-0.2, 0) is 9.53 Å². The molecule has 0 aliphatic carbocycles. The Balaban J connectivity index is 1.60. The molecule has 2 amide bonds. The highest BCUT2D eigenvalue weighted by Crippen LogP contribution is 2.27. The average Bonchev–Trinajstić information content (AvgIpc) is 3.02. The minimum absolute atomic E-state index is 0.141. The number of hydrogen-bond donors (Lipinski definition) is 1. The second kappa shape index (κ2) is 7.91. The zero-order valence-corrected chi connectivity index (χ0v) is 14.8. The largest absolute Gasteiger partial charge is 0.442 e. The number of cyclic esters (lactones) is 1. The van der Waals surface area contributed by atoms with Crippen LogP contribution in [0.15, 0.2) is 35.9 Å². The lowest BCUT2D eigenvalue weighted by Crippen LogP contribution is -2.33. The fraction of sp³-hybridized carbons (Fsp3) is 0.421. The van der Waals surface area contributed by atoms with Crippen molar-refractivity contribution in [2.45, 2.75) is 25.9 Å². The third-order valence-corrected chi connectivity index (χ3v) is 4.65. The van der Waals surface area contributed by atoms with E-state index in [0.717, 1.165) is 37.3 Å². The summed E-state index contributed by atoms with van der Waals surface area (Å²) in [6.07, 6.45) is 2.73. The van der Waals surface area contributed by atoms with E-state index < -0.39 is 6.09 Å². The number of nitrogens with zero attached hydrogens (tertiary/aromatic N) is 3. The smallest absolute Gasteiger partial charge is 0.414 e. The number of rotatable bonds is 4. The molecule has 1 atom stereocenters. The van der Waals surface area contributed by atoms with E-state index in [1.54, 1.807) is 11.0 Å². The second-order valence-corrected chi connectivity index (χ2v) is 6.49. The Morgan fingerprint density at radius 1 is 1.31 bits per heavy atom. The van der Waals surface area contributed by atoms with Gasteiger partial charge in [-0.25, -0.2) is 4.79 Å². The maximum atomic E-state index is 12.1. The molecule has 1 aromatic carbocycles. The highest BCUT2D eigenvalue weighted by molar-refractivity contribution is 5.90. The van der Waals surface area contributed by atoms with Crippen LogP contribution in [0.3, 0.4) is 0 Å². The molecule has 0 bridgehead atoms. The number of hydrogen-bond acceptors (Lipinski definition) is 5. The molecule has 0 radical (unpaired) electrons. The van der Waals surface area contributed by atoms with Crippen LogP contribution in [0.4, 0.5) is 16.2 Å². The molecule has 7 heteroatoms. The van der Waals surface area contributed by atoms with Gasteiger partial charge in [0.1, 0.15) is 6.10 Å². The molecule has 0 unspecified atom stereocenters. The molecule has 1 aromatic rings. The summed E-state index contributed by atoms with van der Waals surface area (Å²) in [5.74, 6) is -0.141. The first kappa shape index (κ1) is 17.8. The summed E-state index contributed by atoms with van der Waals surface area (Å²) in [5.41, 5.74) is 3.09. The molecule has 7 nitrogen and oxygen atoms in total. The van der Waals surface area contributed by atoms with E-state index >= 15 is 0 Å². The number of carbonyl (C=O) groups is 2. The SMILES string of the molecule is CC(=O)NC[C@H]1CN(c2ccc(N3CCC(=CC#N)CC3)cc2)C(=O)O1. The summed E-state index contributed by atoms with van der Waals surface area (Å²) in [7, 11) is 0. The summed E-state index contributed by atoms with van der Waals surface area (Å²) in [4.78, 5) is 26.9. The van der Waals surface area contributed by atoms with Crippen LogP contribution in [0.1, 0.15) is 19.8 Å². The highest BCUT2D eigenvalue weighted by Gasteiger charge is 2.32. The number of nitrogens with one attached hydrogen (secondary N) is 1. The van der Waals surface area contributed by atoms with Gasteiger partial charge >= 0.3 is 6.09 Å². The van der Waals surface area contributed by atoms with Gasteiger partial charge in [0, 0.05) is 37.5 Å². The van der Waals surface area contributed by atoms with Gasteiger partial charge in [-0.15, -0.1) is 0 Å². The first-order valence-electron chi connectivity index (χ1n) is 8.72. The molecule has 136 valence electrons. The molecule has 2 heterocycles. The van der Waals surface area contributed by atoms with Gasteiger partial charge in [0.2, 0.25) is 5.91 Å². The maximum Gasteiger partial charge on any atom is 0.414 e. The second-order valence-electron chi connectivity index (χ2n) is 6.49. The van der Waals surface area contributed by atoms with Crippen molar-refractivity contribution in [1.29, 1.82) is 5.26 Å². The Morgan fingerprint density at radius 2 is 1.96 bits per heavy atom. The number of benzene rings is 1. The number of anilines is 2. The fourth-order valence-electron chi connectivity index (χ4n) is 3.23. The van der Waals surface area contributed by atoms with Crippen LogP contribution in [0.5, 0.6) is 0 Å². The van der Waals surface area contributed by atoms with E-state index in [2.05, 4.69) is 16.3 Å². The zero-order valence-electron chi connectivity index (χ0n) is 14.8. The predicted molar refractivity (Wildman–Crippen MR) is 97.9 cm³/mol. The van der Waals surface area contributed by atoms with Crippen LogP contribution in [-0.4, -0.2) is 44.3 Å². The third kappa shape index (κ3) is 4.14. The topological polar surface area (TPSA) is 85.7 Å². The number of allylic oxidation sites excluding steroid dienone is 1. The number of nitriles is 1. The van der Waals surface area contributed by atoms with Crippen molar-refractivity contribution >= 4 is 23.4 Å². The lowest BCUT2D eigenvalue weighted by atomic mass is 10.0. The van der Waals surface area contributed by atoms with Gasteiger partial charge in [-0.3, -0.25) is 9.69 Å². The molecule has 0 saturated carbocycles. The van der Waals surface area contributed by atoms with E-state index in [9.17, 15) is 9.59 Å². The summed E-state index contributed by atoms with van der Waals surface area (Å²) in [6.45, 7) is 3.95. The van der Waals surface area contributed by atoms with Gasteiger partial charge in [-0.05, 0) is 37.1 Å². The Labute approximate surface area is 152 Å². The highest BCUT2D eigenvalue weighted by atomic mass is 16.6. The van der Waals surface area contributed by atoms with Crippen molar-refractivity contribution in [3.8, 4) is 6.07 Å². The van der Waals surface area contributed by atoms with Crippen molar-refractivity contribution in [2.75, 3.05) is 36.0 Å². The van der Waals surface area contributed by atoms with E-state index in [1.165, 1.54) is 12.5 Å². The number of carbonyl (C=O) groups excluding carboxylic acids is 2. The zero-order chi connectivity index (χ0) is 18.5. The molecule has 26 heavy (non-hydrogen) atoms. The maximum absolute atomic E-state index is 12.1. The van der Waals surface area contributed by atoms with Crippen LogP contribution in [0.2, 0.25) is 0 Å². The van der Waals surface area contributed by atoms with Crippen molar-refractivity contribution in [3.63, 3.8) is 0 Å². The lowest BCUT2D eigenvalue weighted by molar-refractivity contribution is -0.119. The van der Waals surface area contributed by atoms with Gasteiger partial charge in [0.15, 0.2) is 0 Å². The third-order valence-electron chi connectivity index (χ3n) is 4.65. The lowest BCUT2D eigenvalue weighted by Gasteiger charge is -2.30. The minimum atomic E-state index is -0.391. The van der Waals surface area contributed by atoms with E-state index in [0.29, 0.717) is 13.1 Å². The summed E-state index contributed by atoms with van der Waals surface area (Å²) >= 11 is 0. The van der Waals surface area contributed by atoms with E-state index in [1.807, 2.05) is 24.3 Å². The monoisotopic (exact) mass is 354 g/mol. The van der Waals surface area contributed by atoms with Crippen LogP contribution < -0.4 is 15.1 Å². The van der Waals surface area contributed by atoms with Gasteiger partial charge in [-0.2, -0.15) is 5.26 Å². The van der Waals surface area contributed by atoms with Crippen molar-refractivity contribution in [1.82, 2.24) is 5.32 Å². The molecule has 1 N–H and O–H groups in total. The Bertz CT molecular complexity index is 741. The van der Waals surface area contributed by atoms with Crippen molar-refractivity contribution in [3.05, 3.63) is 35.9 Å². The van der Waals surface area contributed by atoms with Crippen LogP contribution in [0.25, 0.3) is 0 Å². The molecule has 0 spiro atoms. The Morgan fingerprint density at radius 3 is 2.58 bits per heavy atom. The van der Waals surface area contributed by atoms with Crippen molar-refractivity contribution < 1.29 is 14.3 Å². The quantitative estimate of drug-likeness (QED) is 0.838. The normalized spacial score (nSPS) is 19.8. The van der Waals surface area contributed by atoms with Crippen molar-refractivity contribution in [2.24, 2.45) is 0 Å². The minimum Gasteiger partial charge on any atom is -0.442 e. The Kier molecular flexibility index (Phi) is 5.42. The molecular weight excluding hydrogens is 332 g/mol. The molecular formula is C19H22N4O3. The summed E-state index contributed by atoms with van der Waals surface area (Å²) in [5, 5.41) is 11.4. The average molecular weight is 354 g/mol. The van der Waals surface area contributed by atoms with E-state index in [4.69, 9.17) is 10.00 Å². The molecule has 2 fully saturated rings. The standard InChI is InChI=1S/C19H22N4O3/c1-14(24)21-12-18-13-23(19(25)26-18)17-4-2-16(3-5-17)22-10-7-15(6-9-20)8-11-22/h2-6,18H,7-8,10-13H2,1H3,(H,21,24)/t18-/m0/s1. The molecule has 2 aliphatic rings. The molecule has 2 saturated heterocycles. The number of amides is 2. The van der Waals surface area contributed by atoms with Gasteiger partial charge in [-0.1, -0.05) is 5.57 Å². The number of piperidine rings is 1. The van der Waals surface area contributed by atoms with Gasteiger partial charge in [0.25, 0.3) is 0 Å². The van der Waals surface area contributed by atoms with Crippen LogP contribution >= 0.6 is 0 Å². The first-order chi connectivity index (χ1) is 12.6. The van der Waals surface area contributed by atoms with Crippen LogP contribution in [0, 0.1) is 11.3 Å². The predicted octanol–water partition coefficient (Wildman–Crippen LogP) is 2.20. The Hall–Kier alpha value is -3.01. The molecule has 0 aromatic heterocycles. The first-order valence-corrected chi connectivity index (χ1v) is 8.72. The summed E-state index contributed by atoms with van der Waals surface area (Å²) < 4.78 is 5.29. The van der Waals surface area contributed by atoms with Gasteiger partial charge in [0.05, 0.1) is 19.2 Å². The molecule has 3 rings (SSSR count). The summed E-state index contributed by atoms with van der Waals surface area (Å²) in [6, 6.07) is 9.94. The van der Waals surface area contributed by atoms with E-state index in [-0.39, 0.29) is 12.0 Å². The van der Waals surface area contributed by atoms with Gasteiger partial charge < -0.3 is 15.0 Å². The fourth-order valence-corrected chi connectivity index (χ4v) is 3.23. The number of ether oxygens (including phenoxy) is 1. The molecule has 2 aliphatic heterocycles.